The number of anilines is 1. The number of hydrogen-bond acceptors (Lipinski definition) is 4. The van der Waals surface area contributed by atoms with Gasteiger partial charge in [0.15, 0.2) is 0 Å². The second-order valence-electron chi connectivity index (χ2n) is 10.4. The van der Waals surface area contributed by atoms with Gasteiger partial charge in [-0.1, -0.05) is 38.1 Å². The number of fused-ring (bicyclic) bond motifs is 3. The van der Waals surface area contributed by atoms with Gasteiger partial charge in [0.1, 0.15) is 17.3 Å². The number of carbonyl (C=O) groups excluding carboxylic acids is 3. The summed E-state index contributed by atoms with van der Waals surface area (Å²) in [6.45, 7) is 11.7. The highest BCUT2D eigenvalue weighted by atomic mass is 19.1. The van der Waals surface area contributed by atoms with Gasteiger partial charge in [-0.15, -0.1) is 0 Å². The lowest BCUT2D eigenvalue weighted by molar-refractivity contribution is -0.136. The minimum absolute atomic E-state index is 0.0450. The van der Waals surface area contributed by atoms with Crippen LogP contribution >= 0.6 is 0 Å². The first-order chi connectivity index (χ1) is 18.2. The molecular weight excluding hydrogens is 485 g/mol. The Morgan fingerprint density at radius 1 is 1.24 bits per heavy atom. The van der Waals surface area contributed by atoms with Crippen molar-refractivity contribution in [2.75, 3.05) is 18.9 Å². The van der Waals surface area contributed by atoms with E-state index in [-0.39, 0.29) is 35.7 Å². The number of halogens is 1. The van der Waals surface area contributed by atoms with E-state index in [1.165, 1.54) is 41.2 Å². The van der Waals surface area contributed by atoms with Crippen LogP contribution in [0.25, 0.3) is 15.7 Å². The van der Waals surface area contributed by atoms with Crippen LogP contribution < -0.4 is 5.32 Å². The van der Waals surface area contributed by atoms with Crippen LogP contribution in [-0.2, 0) is 15.0 Å². The number of pyridine rings is 1. The van der Waals surface area contributed by atoms with Crippen LogP contribution in [0.2, 0.25) is 0 Å². The molecule has 1 aromatic heterocycles. The maximum Gasteiger partial charge on any atom is 0.302 e. The van der Waals surface area contributed by atoms with Crippen molar-refractivity contribution in [1.29, 1.82) is 0 Å². The van der Waals surface area contributed by atoms with Gasteiger partial charge in [0.2, 0.25) is 5.91 Å². The second kappa shape index (κ2) is 9.53. The summed E-state index contributed by atoms with van der Waals surface area (Å²) >= 11 is 0. The molecule has 0 saturated carbocycles. The monoisotopic (exact) mass is 513 g/mol. The van der Waals surface area contributed by atoms with Crippen molar-refractivity contribution >= 4 is 34.3 Å². The number of hydrogen-bond donors (Lipinski definition) is 1. The van der Waals surface area contributed by atoms with Crippen molar-refractivity contribution in [2.45, 2.75) is 44.3 Å². The molecule has 1 N–H and O–H groups in total. The molecule has 3 amide bonds. The first-order valence-corrected chi connectivity index (χ1v) is 12.6. The highest BCUT2D eigenvalue weighted by Crippen LogP contribution is 2.47. The van der Waals surface area contributed by atoms with Crippen molar-refractivity contribution in [1.82, 2.24) is 14.8 Å². The third-order valence-electron chi connectivity index (χ3n) is 7.60. The molecule has 0 unspecified atom stereocenters. The van der Waals surface area contributed by atoms with Crippen molar-refractivity contribution in [3.05, 3.63) is 83.1 Å². The lowest BCUT2D eigenvalue weighted by Gasteiger charge is -2.32. The Labute approximate surface area is 220 Å². The minimum Gasteiger partial charge on any atom is -0.330 e. The molecule has 3 heterocycles. The maximum absolute atomic E-state index is 14.8. The fraction of sp³-hybridized carbons (Fsp3) is 0.345. The molecule has 2 aliphatic rings. The third kappa shape index (κ3) is 3.97. The molecule has 1 spiro atoms. The molecule has 2 aromatic carbocycles. The summed E-state index contributed by atoms with van der Waals surface area (Å²) in [6.07, 6.45) is 1.11. The third-order valence-corrected chi connectivity index (χ3v) is 7.60. The summed E-state index contributed by atoms with van der Waals surface area (Å²) in [5, 5.41) is 2.99. The van der Waals surface area contributed by atoms with Gasteiger partial charge >= 0.3 is 6.17 Å². The van der Waals surface area contributed by atoms with E-state index in [1.807, 2.05) is 38.1 Å². The number of nitrogens with one attached hydrogen (secondary N) is 1. The predicted octanol–water partition coefficient (Wildman–Crippen LogP) is 4.23. The Balaban J connectivity index is 1.50. The molecule has 2 aliphatic heterocycles. The number of carbonyl (C=O) groups is 3. The molecule has 194 valence electrons. The fourth-order valence-electron chi connectivity index (χ4n) is 5.69. The lowest BCUT2D eigenvalue weighted by atomic mass is 9.80. The van der Waals surface area contributed by atoms with Crippen LogP contribution in [0.1, 0.15) is 42.6 Å². The lowest BCUT2D eigenvalue weighted by Crippen LogP contribution is -2.51. The van der Waals surface area contributed by atoms with Crippen LogP contribution in [0.15, 0.2) is 54.7 Å². The van der Waals surface area contributed by atoms with E-state index >= 15 is 0 Å². The van der Waals surface area contributed by atoms with Gasteiger partial charge in [-0.05, 0) is 42.2 Å². The standard InChI is InChI=1S/C29H28FN5O3/c1-17(2)14-23(34(4)26(36)18-12-13-32-22-11-7-9-20(30)25(18)22)27(37)35-16-29(15-24(35)31-3)19-8-5-6-10-21(19)33-28(29)38/h5-13,17,23-24H,14-16H2,1-2,4H3,(H,33,38)/t23-,24-,29-/m0/s1. The average molecular weight is 514 g/mol. The van der Waals surface area contributed by atoms with E-state index in [9.17, 15) is 18.8 Å². The molecule has 3 aromatic rings. The van der Waals surface area contributed by atoms with Crippen LogP contribution in [0.4, 0.5) is 10.1 Å². The minimum atomic E-state index is -1.02. The van der Waals surface area contributed by atoms with Gasteiger partial charge in [-0.25, -0.2) is 11.0 Å². The molecule has 1 saturated heterocycles. The molecule has 0 aliphatic carbocycles. The molecule has 38 heavy (non-hydrogen) atoms. The topological polar surface area (TPSA) is 87.0 Å². The molecule has 0 bridgehead atoms. The molecule has 1 fully saturated rings. The highest BCUT2D eigenvalue weighted by Gasteiger charge is 2.59. The Morgan fingerprint density at radius 3 is 2.74 bits per heavy atom. The molecule has 3 atom stereocenters. The summed E-state index contributed by atoms with van der Waals surface area (Å²) in [5.74, 6) is -1.67. The zero-order chi connectivity index (χ0) is 27.2. The molecule has 5 rings (SSSR count). The Morgan fingerprint density at radius 2 is 2.00 bits per heavy atom. The predicted molar refractivity (Wildman–Crippen MR) is 141 cm³/mol. The van der Waals surface area contributed by atoms with E-state index in [0.29, 0.717) is 17.6 Å². The van der Waals surface area contributed by atoms with Crippen molar-refractivity contribution in [3.8, 4) is 0 Å². The van der Waals surface area contributed by atoms with E-state index in [0.717, 1.165) is 5.56 Å². The van der Waals surface area contributed by atoms with Gasteiger partial charge < -0.3 is 10.2 Å². The van der Waals surface area contributed by atoms with Crippen LogP contribution in [-0.4, -0.2) is 58.3 Å². The van der Waals surface area contributed by atoms with Gasteiger partial charge in [-0.2, -0.15) is 0 Å². The summed E-state index contributed by atoms with van der Waals surface area (Å²) in [4.78, 5) is 51.6. The van der Waals surface area contributed by atoms with Gasteiger partial charge in [0.25, 0.3) is 11.8 Å². The Bertz CT molecular complexity index is 1490. The number of nitrogens with zero attached hydrogens (tertiary/aromatic N) is 4. The van der Waals surface area contributed by atoms with Crippen LogP contribution in [0, 0.1) is 18.3 Å². The van der Waals surface area contributed by atoms with Gasteiger partial charge in [-0.3, -0.25) is 29.1 Å². The summed E-state index contributed by atoms with van der Waals surface area (Å²) < 4.78 is 14.8. The summed E-state index contributed by atoms with van der Waals surface area (Å²) in [7, 11) is 1.52. The summed E-state index contributed by atoms with van der Waals surface area (Å²) in [6, 6.07) is 12.3. The number of likely N-dealkylation sites (tertiary alicyclic amines) is 1. The first-order valence-electron chi connectivity index (χ1n) is 12.6. The number of para-hydroxylation sites is 1. The maximum atomic E-state index is 14.8. The number of aromatic nitrogens is 1. The molecule has 0 radical (unpaired) electrons. The van der Waals surface area contributed by atoms with Gasteiger partial charge in [0.05, 0.1) is 17.5 Å². The molecule has 8 nitrogen and oxygen atoms in total. The number of benzene rings is 2. The summed E-state index contributed by atoms with van der Waals surface area (Å²) in [5.41, 5.74) is 0.902. The number of likely N-dealkylation sites (N-methyl/N-ethyl adjacent to an activating group) is 1. The second-order valence-corrected chi connectivity index (χ2v) is 10.4. The fourth-order valence-corrected chi connectivity index (χ4v) is 5.69. The van der Waals surface area contributed by atoms with E-state index in [1.54, 1.807) is 6.07 Å². The van der Waals surface area contributed by atoms with Crippen LogP contribution in [0.5, 0.6) is 0 Å². The SMILES string of the molecule is [C-]#[N+][C@@H]1C[C@@]2(CN1C(=O)[C@H](CC(C)C)N(C)C(=O)c1ccnc3cccc(F)c13)C(=O)Nc1ccccc12. The van der Waals surface area contributed by atoms with Crippen molar-refractivity contribution in [3.63, 3.8) is 0 Å². The van der Waals surface area contributed by atoms with Crippen molar-refractivity contribution < 1.29 is 18.8 Å². The highest BCUT2D eigenvalue weighted by molar-refractivity contribution is 6.09. The largest absolute Gasteiger partial charge is 0.330 e. The quantitative estimate of drug-likeness (QED) is 0.518. The van der Waals surface area contributed by atoms with E-state index in [2.05, 4.69) is 15.1 Å². The average Bonchev–Trinajstić information content (AvgIpc) is 3.43. The first kappa shape index (κ1) is 25.3. The van der Waals surface area contributed by atoms with E-state index < -0.39 is 35.3 Å². The number of amides is 3. The van der Waals surface area contributed by atoms with Crippen molar-refractivity contribution in [2.24, 2.45) is 5.92 Å². The zero-order valence-corrected chi connectivity index (χ0v) is 21.4. The molecular formula is C29H28FN5O3. The number of rotatable bonds is 5. The Kier molecular flexibility index (Phi) is 6.35. The van der Waals surface area contributed by atoms with E-state index in [4.69, 9.17) is 6.57 Å². The normalized spacial score (nSPS) is 20.9. The Hall–Kier alpha value is -4.32. The van der Waals surface area contributed by atoms with Crippen LogP contribution in [0.3, 0.4) is 0 Å². The zero-order valence-electron chi connectivity index (χ0n) is 21.4. The molecule has 9 heteroatoms. The smallest absolute Gasteiger partial charge is 0.302 e. The van der Waals surface area contributed by atoms with Gasteiger partial charge in [0, 0.05) is 30.9 Å².